The van der Waals surface area contributed by atoms with Gasteiger partial charge in [-0.1, -0.05) is 23.4 Å². The van der Waals surface area contributed by atoms with E-state index in [1.165, 1.54) is 0 Å². The molecule has 1 aromatic carbocycles. The molecule has 4 nitrogen and oxygen atoms in total. The van der Waals surface area contributed by atoms with Crippen LogP contribution in [0.3, 0.4) is 0 Å². The molecule has 0 atom stereocenters. The van der Waals surface area contributed by atoms with E-state index in [4.69, 9.17) is 4.74 Å². The summed E-state index contributed by atoms with van der Waals surface area (Å²) in [5.74, 6) is 0.606. The molecule has 2 rings (SSSR count). The summed E-state index contributed by atoms with van der Waals surface area (Å²) in [6, 6.07) is 5.28. The Morgan fingerprint density at radius 1 is 1.45 bits per heavy atom. The summed E-state index contributed by atoms with van der Waals surface area (Å²) < 4.78 is 7.10. The van der Waals surface area contributed by atoms with E-state index in [2.05, 4.69) is 11.7 Å². The molecule has 0 saturated carbocycles. The second-order valence-corrected chi connectivity index (χ2v) is 5.38. The van der Waals surface area contributed by atoms with Crippen molar-refractivity contribution >= 4 is 23.5 Å². The fraction of sp³-hybridized carbons (Fsp3) is 0.200. The van der Waals surface area contributed by atoms with Gasteiger partial charge in [0.05, 0.1) is 7.11 Å². The quantitative estimate of drug-likeness (QED) is 0.680. The van der Waals surface area contributed by atoms with Crippen molar-refractivity contribution in [3.63, 3.8) is 0 Å². The first kappa shape index (κ1) is 14.3. The third-order valence-corrected chi connectivity index (χ3v) is 3.64. The van der Waals surface area contributed by atoms with Crippen molar-refractivity contribution < 1.29 is 14.5 Å². The molecular weight excluding hydrogens is 272 g/mol. The Hall–Kier alpha value is -2.14. The minimum Gasteiger partial charge on any atom is -0.504 e. The van der Waals surface area contributed by atoms with Crippen molar-refractivity contribution in [2.45, 2.75) is 13.5 Å². The van der Waals surface area contributed by atoms with Gasteiger partial charge in [0, 0.05) is 16.7 Å². The number of aryl methyl sites for hydroxylation is 1. The maximum absolute atomic E-state index is 9.74. The number of para-hydroxylation sites is 1. The number of hydrogen-bond acceptors (Lipinski definition) is 4. The van der Waals surface area contributed by atoms with Crippen molar-refractivity contribution in [1.29, 1.82) is 0 Å². The summed E-state index contributed by atoms with van der Waals surface area (Å²) >= 11 is 1.61. The summed E-state index contributed by atoms with van der Waals surface area (Å²) in [6.07, 6.45) is 5.68. The number of ether oxygens (including phenoxy) is 1. The van der Waals surface area contributed by atoms with E-state index in [-0.39, 0.29) is 5.75 Å². The van der Waals surface area contributed by atoms with E-state index in [1.807, 2.05) is 35.9 Å². The molecule has 104 valence electrons. The molecule has 0 unspecified atom stereocenters. The zero-order chi connectivity index (χ0) is 14.5. The smallest absolute Gasteiger partial charge is 0.289 e. The number of phenols is 1. The molecule has 0 radical (unpaired) electrons. The minimum atomic E-state index is 0.133. The number of methoxy groups -OCH3 is 1. The number of nitrogens with zero attached hydrogens (tertiary/aromatic N) is 2. The van der Waals surface area contributed by atoms with Crippen LogP contribution < -0.4 is 9.42 Å². The molecule has 5 heteroatoms. The zero-order valence-corrected chi connectivity index (χ0v) is 12.4. The molecule has 0 fully saturated rings. The summed E-state index contributed by atoms with van der Waals surface area (Å²) in [4.78, 5) is 0. The molecule has 0 amide bonds. The van der Waals surface area contributed by atoms with Crippen LogP contribution in [0.4, 0.5) is 0 Å². The van der Waals surface area contributed by atoms with Crippen molar-refractivity contribution in [2.24, 2.45) is 0 Å². The van der Waals surface area contributed by atoms with Crippen LogP contribution in [0.1, 0.15) is 15.6 Å². The van der Waals surface area contributed by atoms with Gasteiger partial charge in [-0.05, 0) is 36.5 Å². The highest BCUT2D eigenvalue weighted by molar-refractivity contribution is 7.11. The van der Waals surface area contributed by atoms with Crippen LogP contribution in [0.15, 0.2) is 30.9 Å². The van der Waals surface area contributed by atoms with Crippen molar-refractivity contribution in [3.05, 3.63) is 46.4 Å². The van der Waals surface area contributed by atoms with Gasteiger partial charge in [-0.25, -0.2) is 0 Å². The topological polar surface area (TPSA) is 46.2 Å². The van der Waals surface area contributed by atoms with Gasteiger partial charge < -0.3 is 9.84 Å². The van der Waals surface area contributed by atoms with Crippen molar-refractivity contribution in [2.75, 3.05) is 7.11 Å². The van der Waals surface area contributed by atoms with E-state index in [9.17, 15) is 5.11 Å². The van der Waals surface area contributed by atoms with E-state index < -0.39 is 0 Å². The summed E-state index contributed by atoms with van der Waals surface area (Å²) in [5, 5.41) is 16.2. The number of rotatable bonds is 5. The summed E-state index contributed by atoms with van der Waals surface area (Å²) in [6.45, 7) is 6.37. The molecule has 1 N–H and O–H groups in total. The Labute approximate surface area is 122 Å². The van der Waals surface area contributed by atoms with Gasteiger partial charge in [0.25, 0.3) is 5.01 Å². The Morgan fingerprint density at radius 2 is 2.25 bits per heavy atom. The van der Waals surface area contributed by atoms with Crippen LogP contribution in [0.25, 0.3) is 12.2 Å². The Kier molecular flexibility index (Phi) is 4.53. The average Bonchev–Trinajstić information content (AvgIpc) is 2.77. The molecule has 1 aromatic heterocycles. The highest BCUT2D eigenvalue weighted by atomic mass is 32.1. The van der Waals surface area contributed by atoms with Crippen LogP contribution >= 0.6 is 11.3 Å². The lowest BCUT2D eigenvalue weighted by Gasteiger charge is -2.05. The first-order chi connectivity index (χ1) is 9.65. The van der Waals surface area contributed by atoms with Crippen molar-refractivity contribution in [1.82, 2.24) is 5.10 Å². The largest absolute Gasteiger partial charge is 0.504 e. The molecule has 0 spiro atoms. The highest BCUT2D eigenvalue weighted by Gasteiger charge is 2.14. The monoisotopic (exact) mass is 289 g/mol. The molecule has 0 saturated heterocycles. The molecule has 0 aliphatic heterocycles. The Balaban J connectivity index is 2.34. The number of phenolic OH excluding ortho intramolecular Hbond substituents is 1. The molecule has 2 aromatic rings. The van der Waals surface area contributed by atoms with Crippen LogP contribution in [0.5, 0.6) is 11.5 Å². The summed E-state index contributed by atoms with van der Waals surface area (Å²) in [5.41, 5.74) is 0.823. The van der Waals surface area contributed by atoms with Crippen molar-refractivity contribution in [3.8, 4) is 11.5 Å². The second-order valence-electron chi connectivity index (χ2n) is 4.16. The maximum Gasteiger partial charge on any atom is 0.289 e. The van der Waals surface area contributed by atoms with E-state index in [0.29, 0.717) is 12.3 Å². The second kappa shape index (κ2) is 6.34. The van der Waals surface area contributed by atoms with Gasteiger partial charge >= 0.3 is 0 Å². The van der Waals surface area contributed by atoms with Gasteiger partial charge in [-0.3, -0.25) is 0 Å². The van der Waals surface area contributed by atoms with Gasteiger partial charge in [0.2, 0.25) is 0 Å². The van der Waals surface area contributed by atoms with E-state index in [0.717, 1.165) is 15.6 Å². The van der Waals surface area contributed by atoms with Crippen LogP contribution in [0, 0.1) is 6.92 Å². The van der Waals surface area contributed by atoms with Gasteiger partial charge in [0.15, 0.2) is 23.1 Å². The van der Waals surface area contributed by atoms with Gasteiger partial charge in [-0.2, -0.15) is 0 Å². The third kappa shape index (κ3) is 3.05. The first-order valence-electron chi connectivity index (χ1n) is 6.18. The number of allylic oxidation sites excluding steroid dienone is 1. The fourth-order valence-corrected chi connectivity index (χ4v) is 2.67. The molecule has 20 heavy (non-hydrogen) atoms. The van der Waals surface area contributed by atoms with Crippen LogP contribution in [-0.4, -0.2) is 17.3 Å². The Morgan fingerprint density at radius 3 is 2.95 bits per heavy atom. The average molecular weight is 289 g/mol. The lowest BCUT2D eigenvalue weighted by molar-refractivity contribution is -0.741. The highest BCUT2D eigenvalue weighted by Crippen LogP contribution is 2.30. The zero-order valence-electron chi connectivity index (χ0n) is 11.5. The van der Waals surface area contributed by atoms with E-state index >= 15 is 0 Å². The molecular formula is C15H17N2O2S+. The number of hydrogen-bond donors (Lipinski definition) is 1. The van der Waals surface area contributed by atoms with E-state index in [1.54, 1.807) is 30.6 Å². The molecule has 1 heterocycles. The number of benzene rings is 1. The summed E-state index contributed by atoms with van der Waals surface area (Å²) in [7, 11) is 1.54. The van der Waals surface area contributed by atoms with Gasteiger partial charge in [-0.15, -0.1) is 0 Å². The fourth-order valence-electron chi connectivity index (χ4n) is 1.87. The normalized spacial score (nSPS) is 10.9. The molecule has 0 aliphatic carbocycles. The lowest BCUT2D eigenvalue weighted by atomic mass is 10.1. The minimum absolute atomic E-state index is 0.133. The third-order valence-electron chi connectivity index (χ3n) is 2.70. The predicted octanol–water partition coefficient (Wildman–Crippen LogP) is 2.81. The lowest BCUT2D eigenvalue weighted by Crippen LogP contribution is -2.37. The predicted molar refractivity (Wildman–Crippen MR) is 80.8 cm³/mol. The first-order valence-corrected chi connectivity index (χ1v) is 7.00. The number of aromatic hydroxyl groups is 1. The van der Waals surface area contributed by atoms with Gasteiger partial charge in [0.1, 0.15) is 0 Å². The molecule has 0 aliphatic rings. The standard InChI is InChI=1S/C15H16N2O2S/c1-4-10-17-14(20-11(2)16-17)9-8-12-6-5-7-13(18)15(12)19-3/h4-9H,1,10H2,2-3H3/p+1/b9-8+. The maximum atomic E-state index is 9.74. The molecule has 0 bridgehead atoms. The Bertz CT molecular complexity index is 647. The van der Waals surface area contributed by atoms with Crippen LogP contribution in [0.2, 0.25) is 0 Å². The number of aromatic nitrogens is 2. The van der Waals surface area contributed by atoms with Crippen LogP contribution in [-0.2, 0) is 6.54 Å². The SMILES string of the molecule is C=CC[n+]1nc(C)sc1/C=C/c1cccc(O)c1OC.